The van der Waals surface area contributed by atoms with Crippen molar-refractivity contribution in [3.63, 3.8) is 0 Å². The van der Waals surface area contributed by atoms with Gasteiger partial charge < -0.3 is 9.32 Å². The lowest BCUT2D eigenvalue weighted by molar-refractivity contribution is 0.660. The summed E-state index contributed by atoms with van der Waals surface area (Å²) in [5, 5.41) is 4.61. The van der Waals surface area contributed by atoms with Crippen molar-refractivity contribution in [2.24, 2.45) is 0 Å². The number of nitrogens with zero attached hydrogens (tertiary/aromatic N) is 1. The first-order chi connectivity index (χ1) is 31.0. The maximum absolute atomic E-state index is 6.80. The summed E-state index contributed by atoms with van der Waals surface area (Å²) in [5.41, 5.74) is 19.8. The van der Waals surface area contributed by atoms with Crippen molar-refractivity contribution in [2.45, 2.75) is 19.3 Å². The number of benzene rings is 10. The van der Waals surface area contributed by atoms with E-state index in [0.29, 0.717) is 0 Å². The van der Waals surface area contributed by atoms with Crippen molar-refractivity contribution in [3.8, 4) is 55.6 Å². The Morgan fingerprint density at radius 2 is 0.857 bits per heavy atom. The molecule has 0 radical (unpaired) electrons. The fourth-order valence-electron chi connectivity index (χ4n) is 10.0. The van der Waals surface area contributed by atoms with Gasteiger partial charge in [0, 0.05) is 38.8 Å². The highest BCUT2D eigenvalue weighted by Gasteiger charge is 2.35. The van der Waals surface area contributed by atoms with E-state index in [-0.39, 0.29) is 5.41 Å². The standard InChI is InChI=1S/C61H43NO/c1-61(2)56-20-12-11-19-52(56)53-35-34-50(39-57(53)61)62(48-30-25-43(26-31-48)41-15-7-4-8-16-41)49-32-27-44(28-33-49)46-29-36-58-54(37-46)55-38-47-17-9-10-18-51(47)59(60(55)63-58)45-23-21-42(22-24-45)40-13-5-3-6-14-40/h3-39H,1-2H3. The molecule has 0 saturated carbocycles. The molecule has 2 nitrogen and oxygen atoms in total. The normalized spacial score (nSPS) is 12.7. The Balaban J connectivity index is 0.940. The number of anilines is 3. The quantitative estimate of drug-likeness (QED) is 0.160. The average molecular weight is 806 g/mol. The molecule has 2 heteroatoms. The van der Waals surface area contributed by atoms with Gasteiger partial charge in [-0.05, 0) is 127 Å². The highest BCUT2D eigenvalue weighted by molar-refractivity contribution is 6.18. The third-order valence-corrected chi connectivity index (χ3v) is 13.3. The van der Waals surface area contributed by atoms with E-state index < -0.39 is 0 Å². The summed E-state index contributed by atoms with van der Waals surface area (Å²) >= 11 is 0. The van der Waals surface area contributed by atoms with E-state index in [1.807, 2.05) is 0 Å². The zero-order valence-corrected chi connectivity index (χ0v) is 35.2. The number of hydrogen-bond donors (Lipinski definition) is 0. The minimum absolute atomic E-state index is 0.107. The topological polar surface area (TPSA) is 16.4 Å². The Bertz CT molecular complexity index is 3490. The molecule has 1 aliphatic rings. The first-order valence-electron chi connectivity index (χ1n) is 21.8. The monoisotopic (exact) mass is 805 g/mol. The van der Waals surface area contributed by atoms with Crippen LogP contribution < -0.4 is 4.90 Å². The van der Waals surface area contributed by atoms with Crippen molar-refractivity contribution in [1.29, 1.82) is 0 Å². The zero-order valence-electron chi connectivity index (χ0n) is 35.2. The third-order valence-electron chi connectivity index (χ3n) is 13.3. The van der Waals surface area contributed by atoms with Gasteiger partial charge in [-0.2, -0.15) is 0 Å². The van der Waals surface area contributed by atoms with E-state index in [9.17, 15) is 0 Å². The fourth-order valence-corrected chi connectivity index (χ4v) is 10.0. The summed E-state index contributed by atoms with van der Waals surface area (Å²) in [4.78, 5) is 2.39. The van der Waals surface area contributed by atoms with Crippen LogP contribution in [0.3, 0.4) is 0 Å². The minimum atomic E-state index is -0.107. The van der Waals surface area contributed by atoms with E-state index in [1.165, 1.54) is 55.3 Å². The highest BCUT2D eigenvalue weighted by atomic mass is 16.3. The van der Waals surface area contributed by atoms with Gasteiger partial charge in [-0.25, -0.2) is 0 Å². The lowest BCUT2D eigenvalue weighted by Gasteiger charge is -2.28. The maximum Gasteiger partial charge on any atom is 0.143 e. The molecule has 0 fully saturated rings. The molecule has 0 spiro atoms. The molecule has 10 aromatic carbocycles. The van der Waals surface area contributed by atoms with E-state index in [0.717, 1.165) is 61.3 Å². The summed E-state index contributed by atoms with van der Waals surface area (Å²) in [6.07, 6.45) is 0. The largest absolute Gasteiger partial charge is 0.455 e. The van der Waals surface area contributed by atoms with Gasteiger partial charge in [0.1, 0.15) is 11.2 Å². The SMILES string of the molecule is CC1(C)c2ccccc2-c2ccc(N(c3ccc(-c4ccccc4)cc3)c3ccc(-c4ccc5oc6c(-c7ccc(-c8ccccc8)cc7)c7ccccc7cc6c5c4)cc3)cc21. The van der Waals surface area contributed by atoms with Gasteiger partial charge in [0.15, 0.2) is 0 Å². The van der Waals surface area contributed by atoms with Gasteiger partial charge >= 0.3 is 0 Å². The first kappa shape index (κ1) is 36.9. The lowest BCUT2D eigenvalue weighted by Crippen LogP contribution is -2.16. The molecule has 0 amide bonds. The molecule has 0 unspecified atom stereocenters. The summed E-state index contributed by atoms with van der Waals surface area (Å²) in [7, 11) is 0. The van der Waals surface area contributed by atoms with Gasteiger partial charge in [0.05, 0.1) is 0 Å². The van der Waals surface area contributed by atoms with Crippen LogP contribution >= 0.6 is 0 Å². The van der Waals surface area contributed by atoms with Crippen LogP contribution in [0.1, 0.15) is 25.0 Å². The van der Waals surface area contributed by atoms with Crippen molar-refractivity contribution >= 4 is 49.8 Å². The molecule has 1 aliphatic carbocycles. The van der Waals surface area contributed by atoms with Crippen LogP contribution in [0, 0.1) is 0 Å². The average Bonchev–Trinajstić information content (AvgIpc) is 3.82. The number of rotatable bonds is 7. The second-order valence-corrected chi connectivity index (χ2v) is 17.3. The van der Waals surface area contributed by atoms with Crippen LogP contribution in [0.5, 0.6) is 0 Å². The third kappa shape index (κ3) is 6.17. The highest BCUT2D eigenvalue weighted by Crippen LogP contribution is 2.51. The second-order valence-electron chi connectivity index (χ2n) is 17.3. The van der Waals surface area contributed by atoms with Crippen LogP contribution in [0.2, 0.25) is 0 Å². The predicted octanol–water partition coefficient (Wildman–Crippen LogP) is 17.2. The van der Waals surface area contributed by atoms with Crippen LogP contribution in [0.25, 0.3) is 88.3 Å². The van der Waals surface area contributed by atoms with Gasteiger partial charge in [-0.3, -0.25) is 0 Å². The van der Waals surface area contributed by atoms with Crippen LogP contribution in [0.4, 0.5) is 17.1 Å². The summed E-state index contributed by atoms with van der Waals surface area (Å²) < 4.78 is 6.80. The van der Waals surface area contributed by atoms with E-state index in [1.54, 1.807) is 0 Å². The van der Waals surface area contributed by atoms with Crippen molar-refractivity contribution in [1.82, 2.24) is 0 Å². The molecular formula is C61H43NO. The Labute approximate surface area is 368 Å². The van der Waals surface area contributed by atoms with Crippen molar-refractivity contribution in [3.05, 3.63) is 236 Å². The van der Waals surface area contributed by atoms with E-state index >= 15 is 0 Å². The van der Waals surface area contributed by atoms with Gasteiger partial charge in [-0.15, -0.1) is 0 Å². The summed E-state index contributed by atoms with van der Waals surface area (Å²) in [6, 6.07) is 81.5. The molecule has 12 rings (SSSR count). The van der Waals surface area contributed by atoms with Crippen LogP contribution in [-0.2, 0) is 5.41 Å². The van der Waals surface area contributed by atoms with Crippen molar-refractivity contribution < 1.29 is 4.42 Å². The molecule has 0 saturated heterocycles. The number of furan rings is 1. The summed E-state index contributed by atoms with van der Waals surface area (Å²) in [5.74, 6) is 0. The smallest absolute Gasteiger partial charge is 0.143 e. The lowest BCUT2D eigenvalue weighted by atomic mass is 9.82. The predicted molar refractivity (Wildman–Crippen MR) is 265 cm³/mol. The summed E-state index contributed by atoms with van der Waals surface area (Å²) in [6.45, 7) is 4.70. The molecule has 0 bridgehead atoms. The van der Waals surface area contributed by atoms with Crippen molar-refractivity contribution in [2.75, 3.05) is 4.90 Å². The number of fused-ring (bicyclic) bond motifs is 7. The molecule has 63 heavy (non-hydrogen) atoms. The molecule has 1 heterocycles. The Morgan fingerprint density at radius 3 is 1.54 bits per heavy atom. The molecule has 11 aromatic rings. The molecule has 0 atom stereocenters. The molecular weight excluding hydrogens is 763 g/mol. The zero-order chi connectivity index (χ0) is 42.1. The fraction of sp³-hybridized carbons (Fsp3) is 0.0492. The Hall–Kier alpha value is -7.94. The second kappa shape index (κ2) is 14.6. The van der Waals surface area contributed by atoms with Crippen LogP contribution in [-0.4, -0.2) is 0 Å². The Morgan fingerprint density at radius 1 is 0.349 bits per heavy atom. The Kier molecular flexibility index (Phi) is 8.55. The molecule has 0 N–H and O–H groups in total. The van der Waals surface area contributed by atoms with Gasteiger partial charge in [-0.1, -0.05) is 184 Å². The van der Waals surface area contributed by atoms with Crippen LogP contribution in [0.15, 0.2) is 229 Å². The van der Waals surface area contributed by atoms with Gasteiger partial charge in [0.2, 0.25) is 0 Å². The van der Waals surface area contributed by atoms with E-state index in [4.69, 9.17) is 4.42 Å². The molecule has 0 aliphatic heterocycles. The maximum atomic E-state index is 6.80. The van der Waals surface area contributed by atoms with E-state index in [2.05, 4.69) is 243 Å². The van der Waals surface area contributed by atoms with Gasteiger partial charge in [0.25, 0.3) is 0 Å². The molecule has 298 valence electrons. The first-order valence-corrected chi connectivity index (χ1v) is 21.8. The minimum Gasteiger partial charge on any atom is -0.455 e. The molecule has 1 aromatic heterocycles. The number of hydrogen-bond acceptors (Lipinski definition) is 2.